The van der Waals surface area contributed by atoms with Gasteiger partial charge in [0.1, 0.15) is 5.70 Å². The predicted octanol–water partition coefficient (Wildman–Crippen LogP) is 4.27. The van der Waals surface area contributed by atoms with Crippen molar-refractivity contribution in [3.8, 4) is 0 Å². The minimum absolute atomic E-state index is 0.0198. The molecular weight excluding hydrogens is 426 g/mol. The van der Waals surface area contributed by atoms with E-state index < -0.39 is 12.1 Å². The molecule has 0 spiro atoms. The van der Waals surface area contributed by atoms with Crippen molar-refractivity contribution in [2.45, 2.75) is 17.9 Å². The molecule has 2 aliphatic heterocycles. The molecule has 2 aromatic carbocycles. The largest absolute Gasteiger partial charge is 0.448 e. The van der Waals surface area contributed by atoms with Crippen molar-refractivity contribution in [2.24, 2.45) is 0 Å². The zero-order valence-corrected chi connectivity index (χ0v) is 16.9. The van der Waals surface area contributed by atoms with Crippen LogP contribution >= 0.6 is 27.7 Å². The molecule has 2 heterocycles. The molecule has 2 aliphatic rings. The third-order valence-corrected chi connectivity index (χ3v) is 6.67. The van der Waals surface area contributed by atoms with E-state index in [4.69, 9.17) is 4.74 Å². The van der Waals surface area contributed by atoms with Crippen LogP contribution in [0.1, 0.15) is 23.7 Å². The standard InChI is InChI=1S/C21H18BrNO3S/c22-12-16-13-27-18-11-17(24)23(18)19(16)21(25)26-20(14-7-3-1-4-8-14)15-9-5-2-6-10-15/h1-10,18,20H,11-13H2/t18-/m0/s1. The summed E-state index contributed by atoms with van der Waals surface area (Å²) < 4.78 is 5.97. The number of rotatable bonds is 5. The lowest BCUT2D eigenvalue weighted by molar-refractivity contribution is -0.151. The number of nitrogens with zero attached hydrogens (tertiary/aromatic N) is 1. The summed E-state index contributed by atoms with van der Waals surface area (Å²) in [4.78, 5) is 26.9. The van der Waals surface area contributed by atoms with Crippen LogP contribution in [0.3, 0.4) is 0 Å². The summed E-state index contributed by atoms with van der Waals surface area (Å²) in [5, 5.41) is 0.595. The third-order valence-electron chi connectivity index (χ3n) is 4.72. The summed E-state index contributed by atoms with van der Waals surface area (Å²) in [5.41, 5.74) is 3.10. The second kappa shape index (κ2) is 7.90. The topological polar surface area (TPSA) is 46.6 Å². The first-order valence-corrected chi connectivity index (χ1v) is 10.9. The van der Waals surface area contributed by atoms with Crippen molar-refractivity contribution in [2.75, 3.05) is 11.1 Å². The summed E-state index contributed by atoms with van der Waals surface area (Å²) in [7, 11) is 0. The van der Waals surface area contributed by atoms with E-state index in [-0.39, 0.29) is 11.3 Å². The predicted molar refractivity (Wildman–Crippen MR) is 109 cm³/mol. The van der Waals surface area contributed by atoms with E-state index >= 15 is 0 Å². The number of fused-ring (bicyclic) bond motifs is 1. The lowest BCUT2D eigenvalue weighted by atomic mass is 10.0. The molecule has 0 unspecified atom stereocenters. The molecule has 0 radical (unpaired) electrons. The highest BCUT2D eigenvalue weighted by atomic mass is 79.9. The normalized spacial score (nSPS) is 19.0. The zero-order chi connectivity index (χ0) is 18.8. The first-order valence-electron chi connectivity index (χ1n) is 8.71. The fraction of sp³-hybridized carbons (Fsp3) is 0.238. The fourth-order valence-electron chi connectivity index (χ4n) is 3.32. The smallest absolute Gasteiger partial charge is 0.356 e. The second-order valence-corrected chi connectivity index (χ2v) is 8.15. The Kier molecular flexibility index (Phi) is 5.36. The number of alkyl halides is 1. The van der Waals surface area contributed by atoms with Gasteiger partial charge in [0.15, 0.2) is 6.10 Å². The molecular formula is C21H18BrNO3S. The van der Waals surface area contributed by atoms with Crippen LogP contribution in [0, 0.1) is 0 Å². The molecule has 1 saturated heterocycles. The molecule has 6 heteroatoms. The lowest BCUT2D eigenvalue weighted by Crippen LogP contribution is -2.54. The summed E-state index contributed by atoms with van der Waals surface area (Å²) in [6, 6.07) is 19.3. The molecule has 138 valence electrons. The first kappa shape index (κ1) is 18.3. The van der Waals surface area contributed by atoms with Crippen molar-refractivity contribution < 1.29 is 14.3 Å². The number of carbonyl (C=O) groups excluding carboxylic acids is 2. The van der Waals surface area contributed by atoms with Gasteiger partial charge < -0.3 is 4.74 Å². The summed E-state index contributed by atoms with van der Waals surface area (Å²) in [6.45, 7) is 0. The van der Waals surface area contributed by atoms with Crippen LogP contribution in [-0.4, -0.2) is 33.2 Å². The quantitative estimate of drug-likeness (QED) is 0.393. The molecule has 2 aromatic rings. The Labute approximate surface area is 170 Å². The molecule has 0 aliphatic carbocycles. The number of ether oxygens (including phenoxy) is 1. The van der Waals surface area contributed by atoms with Gasteiger partial charge in [-0.05, 0) is 16.7 Å². The van der Waals surface area contributed by atoms with Gasteiger partial charge in [0.05, 0.1) is 11.8 Å². The van der Waals surface area contributed by atoms with Gasteiger partial charge in [0.25, 0.3) is 0 Å². The van der Waals surface area contributed by atoms with Crippen molar-refractivity contribution in [3.63, 3.8) is 0 Å². The Morgan fingerprint density at radius 2 is 1.70 bits per heavy atom. The molecule has 1 fully saturated rings. The summed E-state index contributed by atoms with van der Waals surface area (Å²) >= 11 is 5.14. The molecule has 4 nitrogen and oxygen atoms in total. The number of halogens is 1. The lowest BCUT2D eigenvalue weighted by Gasteiger charge is -2.44. The average molecular weight is 444 g/mol. The van der Waals surface area contributed by atoms with Crippen LogP contribution in [0.4, 0.5) is 0 Å². The van der Waals surface area contributed by atoms with Crippen LogP contribution in [-0.2, 0) is 14.3 Å². The van der Waals surface area contributed by atoms with Crippen LogP contribution in [0.2, 0.25) is 0 Å². The van der Waals surface area contributed by atoms with Crippen molar-refractivity contribution in [3.05, 3.63) is 83.1 Å². The van der Waals surface area contributed by atoms with E-state index in [1.807, 2.05) is 60.7 Å². The minimum Gasteiger partial charge on any atom is -0.448 e. The average Bonchev–Trinajstić information content (AvgIpc) is 2.71. The third kappa shape index (κ3) is 3.56. The Hall–Kier alpha value is -2.05. The van der Waals surface area contributed by atoms with Crippen molar-refractivity contribution in [1.82, 2.24) is 4.90 Å². The van der Waals surface area contributed by atoms with E-state index in [2.05, 4.69) is 15.9 Å². The first-order chi connectivity index (χ1) is 13.2. The molecule has 27 heavy (non-hydrogen) atoms. The van der Waals surface area contributed by atoms with Crippen LogP contribution in [0.25, 0.3) is 0 Å². The monoisotopic (exact) mass is 443 g/mol. The number of hydrogen-bond acceptors (Lipinski definition) is 4. The maximum atomic E-state index is 13.2. The Balaban J connectivity index is 1.67. The van der Waals surface area contributed by atoms with Gasteiger partial charge >= 0.3 is 5.97 Å². The Morgan fingerprint density at radius 3 is 2.22 bits per heavy atom. The van der Waals surface area contributed by atoms with Gasteiger partial charge in [0.2, 0.25) is 5.91 Å². The molecule has 1 atom stereocenters. The number of hydrogen-bond donors (Lipinski definition) is 0. The number of thioether (sulfide) groups is 1. The molecule has 0 aromatic heterocycles. The minimum atomic E-state index is -0.520. The number of benzene rings is 2. The van der Waals surface area contributed by atoms with Crippen LogP contribution in [0.5, 0.6) is 0 Å². The molecule has 0 bridgehead atoms. The van der Waals surface area contributed by atoms with Crippen molar-refractivity contribution >= 4 is 39.6 Å². The Bertz CT molecular complexity index is 845. The summed E-state index contributed by atoms with van der Waals surface area (Å²) in [5.74, 6) is 0.264. The zero-order valence-electron chi connectivity index (χ0n) is 14.5. The maximum absolute atomic E-state index is 13.2. The fourth-order valence-corrected chi connectivity index (χ4v) is 5.31. The van der Waals surface area contributed by atoms with Gasteiger partial charge in [-0.15, -0.1) is 11.8 Å². The number of carbonyl (C=O) groups is 2. The van der Waals surface area contributed by atoms with Crippen LogP contribution in [0.15, 0.2) is 71.9 Å². The van der Waals surface area contributed by atoms with E-state index in [1.165, 1.54) is 0 Å². The Morgan fingerprint density at radius 1 is 1.11 bits per heavy atom. The summed E-state index contributed by atoms with van der Waals surface area (Å²) in [6.07, 6.45) is -0.0361. The van der Waals surface area contributed by atoms with E-state index in [9.17, 15) is 9.59 Å². The highest BCUT2D eigenvalue weighted by molar-refractivity contribution is 9.09. The highest BCUT2D eigenvalue weighted by Crippen LogP contribution is 2.41. The molecule has 0 N–H and O–H groups in total. The van der Waals surface area contributed by atoms with Crippen LogP contribution < -0.4 is 0 Å². The van der Waals surface area contributed by atoms with Gasteiger partial charge in [-0.25, -0.2) is 4.79 Å². The van der Waals surface area contributed by atoms with Crippen molar-refractivity contribution in [1.29, 1.82) is 0 Å². The number of amides is 1. The van der Waals surface area contributed by atoms with Gasteiger partial charge in [-0.1, -0.05) is 76.6 Å². The highest BCUT2D eigenvalue weighted by Gasteiger charge is 2.46. The van der Waals surface area contributed by atoms with Gasteiger partial charge in [-0.2, -0.15) is 0 Å². The van der Waals surface area contributed by atoms with Gasteiger partial charge in [-0.3, -0.25) is 9.69 Å². The number of esters is 1. The molecule has 1 amide bonds. The van der Waals surface area contributed by atoms with E-state index in [0.29, 0.717) is 17.4 Å². The molecule has 0 saturated carbocycles. The SMILES string of the molecule is O=C(OC(c1ccccc1)c1ccccc1)C1=C(CBr)CS[C@H]2CC(=O)N12. The maximum Gasteiger partial charge on any atom is 0.356 e. The van der Waals surface area contributed by atoms with E-state index in [1.54, 1.807) is 16.7 Å². The van der Waals surface area contributed by atoms with Gasteiger partial charge in [0, 0.05) is 11.1 Å². The molecule has 4 rings (SSSR count). The number of β-lactam (4-membered cyclic amide) rings is 1. The second-order valence-electron chi connectivity index (χ2n) is 6.43. The van der Waals surface area contributed by atoms with E-state index in [0.717, 1.165) is 22.5 Å².